The highest BCUT2D eigenvalue weighted by Crippen LogP contribution is 2.23. The van der Waals surface area contributed by atoms with Crippen LogP contribution < -0.4 is 15.4 Å². The van der Waals surface area contributed by atoms with Gasteiger partial charge in [0.05, 0.1) is 20.3 Å². The van der Waals surface area contributed by atoms with E-state index < -0.39 is 0 Å². The molecular formula is C15H25ClIN3O2. The Hall–Kier alpha value is -0.730. The number of hydrogen-bond acceptors (Lipinski definition) is 3. The first-order valence-corrected chi connectivity index (χ1v) is 7.34. The number of halogens is 2. The van der Waals surface area contributed by atoms with Gasteiger partial charge in [0.2, 0.25) is 0 Å². The first kappa shape index (κ1) is 21.3. The summed E-state index contributed by atoms with van der Waals surface area (Å²) in [5.74, 6) is 1.49. The number of ether oxygens (including phenoxy) is 2. The van der Waals surface area contributed by atoms with Gasteiger partial charge in [-0.15, -0.1) is 24.0 Å². The van der Waals surface area contributed by atoms with E-state index in [-0.39, 0.29) is 30.0 Å². The molecular weight excluding hydrogens is 417 g/mol. The summed E-state index contributed by atoms with van der Waals surface area (Å²) in [7, 11) is 3.31. The lowest BCUT2D eigenvalue weighted by molar-refractivity contribution is 0.179. The zero-order valence-corrected chi connectivity index (χ0v) is 16.6. The predicted octanol–water partition coefficient (Wildman–Crippen LogP) is 3.06. The Balaban J connectivity index is 0.00000441. The number of benzene rings is 1. The summed E-state index contributed by atoms with van der Waals surface area (Å²) in [6.07, 6.45) is 0. The van der Waals surface area contributed by atoms with Crippen LogP contribution in [0.1, 0.15) is 19.4 Å². The van der Waals surface area contributed by atoms with Crippen molar-refractivity contribution in [1.82, 2.24) is 10.6 Å². The second kappa shape index (κ2) is 11.8. The third-order valence-electron chi connectivity index (χ3n) is 2.80. The zero-order valence-electron chi connectivity index (χ0n) is 13.5. The predicted molar refractivity (Wildman–Crippen MR) is 103 cm³/mol. The highest BCUT2D eigenvalue weighted by molar-refractivity contribution is 14.0. The largest absolute Gasteiger partial charge is 0.496 e. The Morgan fingerprint density at radius 3 is 2.68 bits per heavy atom. The Morgan fingerprint density at radius 1 is 1.36 bits per heavy atom. The summed E-state index contributed by atoms with van der Waals surface area (Å²) < 4.78 is 10.4. The number of aliphatic imine (C=N–C) groups is 1. The lowest BCUT2D eigenvalue weighted by Crippen LogP contribution is -2.43. The van der Waals surface area contributed by atoms with Gasteiger partial charge in [-0.1, -0.05) is 17.7 Å². The summed E-state index contributed by atoms with van der Waals surface area (Å²) in [5, 5.41) is 7.14. The number of methoxy groups -OCH3 is 2. The first-order valence-electron chi connectivity index (χ1n) is 6.96. The standard InChI is InChI=1S/C15H24ClN3O2.HI/c1-5-17-15(19-11(2)10-20-3)18-9-12-6-7-13(16)8-14(12)21-4;/h6-8,11H,5,9-10H2,1-4H3,(H2,17,18,19);1H. The van der Waals surface area contributed by atoms with Gasteiger partial charge in [-0.2, -0.15) is 0 Å². The molecule has 0 radical (unpaired) electrons. The SMILES string of the molecule is CCNC(=NCc1ccc(Cl)cc1OC)NC(C)COC.I. The van der Waals surface area contributed by atoms with Crippen molar-refractivity contribution in [1.29, 1.82) is 0 Å². The maximum atomic E-state index is 5.96. The van der Waals surface area contributed by atoms with Crippen LogP contribution in [0, 0.1) is 0 Å². The molecule has 0 heterocycles. The van der Waals surface area contributed by atoms with Crippen molar-refractivity contribution >= 4 is 41.5 Å². The van der Waals surface area contributed by atoms with E-state index in [0.29, 0.717) is 18.2 Å². The van der Waals surface area contributed by atoms with Crippen LogP contribution in [0.25, 0.3) is 0 Å². The quantitative estimate of drug-likeness (QED) is 0.388. The van der Waals surface area contributed by atoms with Crippen LogP contribution in [0.4, 0.5) is 0 Å². The number of nitrogens with one attached hydrogen (secondary N) is 2. The average molecular weight is 442 g/mol. The van der Waals surface area contributed by atoms with E-state index in [2.05, 4.69) is 15.6 Å². The van der Waals surface area contributed by atoms with Crippen molar-refractivity contribution < 1.29 is 9.47 Å². The van der Waals surface area contributed by atoms with Crippen molar-refractivity contribution in [2.24, 2.45) is 4.99 Å². The zero-order chi connectivity index (χ0) is 15.7. The van der Waals surface area contributed by atoms with Crippen molar-refractivity contribution in [2.75, 3.05) is 27.4 Å². The van der Waals surface area contributed by atoms with E-state index in [0.717, 1.165) is 23.8 Å². The minimum Gasteiger partial charge on any atom is -0.496 e. The average Bonchev–Trinajstić information content (AvgIpc) is 2.46. The summed E-state index contributed by atoms with van der Waals surface area (Å²) >= 11 is 5.96. The summed E-state index contributed by atoms with van der Waals surface area (Å²) in [4.78, 5) is 4.56. The Labute approximate surface area is 154 Å². The van der Waals surface area contributed by atoms with Gasteiger partial charge in [0, 0.05) is 30.3 Å². The number of nitrogens with zero attached hydrogens (tertiary/aromatic N) is 1. The smallest absolute Gasteiger partial charge is 0.191 e. The van der Waals surface area contributed by atoms with Crippen LogP contribution in [-0.4, -0.2) is 39.4 Å². The van der Waals surface area contributed by atoms with Gasteiger partial charge in [-0.3, -0.25) is 0 Å². The van der Waals surface area contributed by atoms with Gasteiger partial charge >= 0.3 is 0 Å². The van der Waals surface area contributed by atoms with Crippen LogP contribution in [0.3, 0.4) is 0 Å². The molecule has 126 valence electrons. The second-order valence-corrected chi connectivity index (χ2v) is 5.09. The van der Waals surface area contributed by atoms with E-state index in [1.807, 2.05) is 26.0 Å². The number of hydrogen-bond donors (Lipinski definition) is 2. The molecule has 1 atom stereocenters. The lowest BCUT2D eigenvalue weighted by Gasteiger charge is -2.17. The molecule has 0 aliphatic heterocycles. The van der Waals surface area contributed by atoms with E-state index in [4.69, 9.17) is 21.1 Å². The first-order chi connectivity index (χ1) is 10.1. The molecule has 0 aliphatic carbocycles. The molecule has 1 aromatic rings. The van der Waals surface area contributed by atoms with E-state index in [1.165, 1.54) is 0 Å². The highest BCUT2D eigenvalue weighted by Gasteiger charge is 2.06. The minimum absolute atomic E-state index is 0. The molecule has 1 aromatic carbocycles. The molecule has 22 heavy (non-hydrogen) atoms. The fraction of sp³-hybridized carbons (Fsp3) is 0.533. The topological polar surface area (TPSA) is 54.9 Å². The lowest BCUT2D eigenvalue weighted by atomic mass is 10.2. The van der Waals surface area contributed by atoms with Crippen LogP contribution in [-0.2, 0) is 11.3 Å². The Bertz CT molecular complexity index is 472. The maximum Gasteiger partial charge on any atom is 0.191 e. The van der Waals surface area contributed by atoms with Gasteiger partial charge in [-0.05, 0) is 26.0 Å². The molecule has 0 aromatic heterocycles. The molecule has 1 rings (SSSR count). The molecule has 0 aliphatic rings. The Morgan fingerprint density at radius 2 is 2.09 bits per heavy atom. The monoisotopic (exact) mass is 441 g/mol. The van der Waals surface area contributed by atoms with Gasteiger partial charge in [0.1, 0.15) is 5.75 Å². The maximum absolute atomic E-state index is 5.96. The van der Waals surface area contributed by atoms with Crippen LogP contribution in [0.5, 0.6) is 5.75 Å². The minimum atomic E-state index is 0. The fourth-order valence-corrected chi connectivity index (χ4v) is 2.02. The van der Waals surface area contributed by atoms with Gasteiger partial charge in [0.25, 0.3) is 0 Å². The summed E-state index contributed by atoms with van der Waals surface area (Å²) in [5.41, 5.74) is 0.985. The molecule has 0 saturated carbocycles. The molecule has 7 heteroatoms. The van der Waals surface area contributed by atoms with E-state index in [1.54, 1.807) is 20.3 Å². The second-order valence-electron chi connectivity index (χ2n) is 4.65. The Kier molecular flexibility index (Phi) is 11.4. The molecule has 2 N–H and O–H groups in total. The summed E-state index contributed by atoms with van der Waals surface area (Å²) in [6.45, 7) is 5.99. The van der Waals surface area contributed by atoms with E-state index in [9.17, 15) is 0 Å². The van der Waals surface area contributed by atoms with Gasteiger partial charge in [0.15, 0.2) is 5.96 Å². The molecule has 5 nitrogen and oxygen atoms in total. The molecule has 0 fully saturated rings. The van der Waals surface area contributed by atoms with Crippen molar-refractivity contribution in [3.63, 3.8) is 0 Å². The molecule has 0 bridgehead atoms. The highest BCUT2D eigenvalue weighted by atomic mass is 127. The normalized spacial score (nSPS) is 12.3. The molecule has 0 amide bonds. The molecule has 1 unspecified atom stereocenters. The van der Waals surface area contributed by atoms with Crippen molar-refractivity contribution in [3.05, 3.63) is 28.8 Å². The van der Waals surface area contributed by atoms with Crippen LogP contribution >= 0.6 is 35.6 Å². The summed E-state index contributed by atoms with van der Waals surface area (Å²) in [6, 6.07) is 5.73. The molecule has 0 saturated heterocycles. The number of guanidine groups is 1. The van der Waals surface area contributed by atoms with Gasteiger partial charge in [-0.25, -0.2) is 4.99 Å². The van der Waals surface area contributed by atoms with Crippen molar-refractivity contribution in [2.45, 2.75) is 26.4 Å². The molecule has 0 spiro atoms. The fourth-order valence-electron chi connectivity index (χ4n) is 1.86. The van der Waals surface area contributed by atoms with Crippen LogP contribution in [0.15, 0.2) is 23.2 Å². The van der Waals surface area contributed by atoms with E-state index >= 15 is 0 Å². The third kappa shape index (κ3) is 7.51. The number of rotatable bonds is 7. The van der Waals surface area contributed by atoms with Crippen molar-refractivity contribution in [3.8, 4) is 5.75 Å². The third-order valence-corrected chi connectivity index (χ3v) is 3.04. The van der Waals surface area contributed by atoms with Crippen LogP contribution in [0.2, 0.25) is 5.02 Å². The van der Waals surface area contributed by atoms with Gasteiger partial charge < -0.3 is 20.1 Å².